The van der Waals surface area contributed by atoms with Crippen molar-refractivity contribution >= 4 is 5.91 Å². The van der Waals surface area contributed by atoms with Crippen LogP contribution in [0.1, 0.15) is 45.1 Å². The van der Waals surface area contributed by atoms with Gasteiger partial charge in [0, 0.05) is 12.1 Å². The highest BCUT2D eigenvalue weighted by Crippen LogP contribution is 2.36. The number of aryl methyl sites for hydroxylation is 1. The average Bonchev–Trinajstić information content (AvgIpc) is 2.79. The SMILES string of the molecule is CC(CCc1ccc(O)cc1)NC(=O)C1(C)CCCC1N. The van der Waals surface area contributed by atoms with Gasteiger partial charge in [-0.3, -0.25) is 4.79 Å². The molecule has 1 aromatic carbocycles. The van der Waals surface area contributed by atoms with E-state index in [1.54, 1.807) is 12.1 Å². The fourth-order valence-corrected chi connectivity index (χ4v) is 2.98. The Morgan fingerprint density at radius 1 is 1.48 bits per heavy atom. The molecule has 3 atom stereocenters. The Kier molecular flexibility index (Phi) is 4.88. The quantitative estimate of drug-likeness (QED) is 0.779. The van der Waals surface area contributed by atoms with Crippen LogP contribution in [-0.2, 0) is 11.2 Å². The largest absolute Gasteiger partial charge is 0.508 e. The number of aromatic hydroxyl groups is 1. The monoisotopic (exact) mass is 290 g/mol. The minimum atomic E-state index is -0.410. The van der Waals surface area contributed by atoms with Crippen molar-refractivity contribution in [3.63, 3.8) is 0 Å². The first-order valence-electron chi connectivity index (χ1n) is 7.76. The van der Waals surface area contributed by atoms with Gasteiger partial charge in [-0.05, 0) is 57.2 Å². The molecule has 1 amide bonds. The predicted octanol–water partition coefficient (Wildman–Crippen LogP) is 2.35. The lowest BCUT2D eigenvalue weighted by molar-refractivity contribution is -0.131. The molecule has 1 aromatic rings. The first-order chi connectivity index (χ1) is 9.91. The van der Waals surface area contributed by atoms with Gasteiger partial charge in [0.05, 0.1) is 5.41 Å². The molecule has 21 heavy (non-hydrogen) atoms. The number of carbonyl (C=O) groups is 1. The molecule has 0 radical (unpaired) electrons. The number of hydrogen-bond donors (Lipinski definition) is 3. The number of nitrogens with one attached hydrogen (secondary N) is 1. The van der Waals surface area contributed by atoms with E-state index in [0.717, 1.165) is 37.7 Å². The summed E-state index contributed by atoms with van der Waals surface area (Å²) in [6.45, 7) is 4.01. The van der Waals surface area contributed by atoms with Gasteiger partial charge in [0.1, 0.15) is 5.75 Å². The van der Waals surface area contributed by atoms with Gasteiger partial charge in [0.15, 0.2) is 0 Å². The number of benzene rings is 1. The van der Waals surface area contributed by atoms with Crippen molar-refractivity contribution in [1.29, 1.82) is 0 Å². The van der Waals surface area contributed by atoms with E-state index in [1.807, 2.05) is 26.0 Å². The lowest BCUT2D eigenvalue weighted by atomic mass is 9.84. The number of carbonyl (C=O) groups excluding carboxylic acids is 1. The van der Waals surface area contributed by atoms with E-state index in [1.165, 1.54) is 0 Å². The Morgan fingerprint density at radius 2 is 2.14 bits per heavy atom. The summed E-state index contributed by atoms with van der Waals surface area (Å²) in [5.74, 6) is 0.369. The molecule has 1 aliphatic rings. The number of rotatable bonds is 5. The molecule has 0 aromatic heterocycles. The van der Waals surface area contributed by atoms with Crippen LogP contribution in [0.3, 0.4) is 0 Å². The van der Waals surface area contributed by atoms with E-state index in [0.29, 0.717) is 0 Å². The molecule has 3 unspecified atom stereocenters. The maximum absolute atomic E-state index is 12.4. The Balaban J connectivity index is 1.83. The van der Waals surface area contributed by atoms with Crippen LogP contribution in [0.2, 0.25) is 0 Å². The Labute approximate surface area is 126 Å². The van der Waals surface area contributed by atoms with E-state index in [9.17, 15) is 9.90 Å². The smallest absolute Gasteiger partial charge is 0.227 e. The average molecular weight is 290 g/mol. The van der Waals surface area contributed by atoms with Crippen molar-refractivity contribution in [2.45, 2.75) is 58.0 Å². The van der Waals surface area contributed by atoms with Crippen LogP contribution in [0.5, 0.6) is 5.75 Å². The molecule has 2 rings (SSSR count). The van der Waals surface area contributed by atoms with Crippen LogP contribution < -0.4 is 11.1 Å². The first kappa shape index (κ1) is 15.8. The normalized spacial score (nSPS) is 26.5. The van der Waals surface area contributed by atoms with Crippen molar-refractivity contribution in [2.24, 2.45) is 11.1 Å². The van der Waals surface area contributed by atoms with Gasteiger partial charge < -0.3 is 16.2 Å². The molecule has 4 nitrogen and oxygen atoms in total. The van der Waals surface area contributed by atoms with Gasteiger partial charge in [-0.1, -0.05) is 18.6 Å². The molecule has 4 N–H and O–H groups in total. The van der Waals surface area contributed by atoms with Gasteiger partial charge >= 0.3 is 0 Å². The zero-order chi connectivity index (χ0) is 15.5. The third-order valence-electron chi connectivity index (χ3n) is 4.73. The summed E-state index contributed by atoms with van der Waals surface area (Å²) in [4.78, 5) is 12.4. The summed E-state index contributed by atoms with van der Waals surface area (Å²) >= 11 is 0. The highest BCUT2D eigenvalue weighted by molar-refractivity contribution is 5.83. The van der Waals surface area contributed by atoms with Gasteiger partial charge in [0.2, 0.25) is 5.91 Å². The molecule has 4 heteroatoms. The van der Waals surface area contributed by atoms with Crippen LogP contribution in [0.25, 0.3) is 0 Å². The molecule has 116 valence electrons. The van der Waals surface area contributed by atoms with Crippen LogP contribution in [-0.4, -0.2) is 23.1 Å². The topological polar surface area (TPSA) is 75.3 Å². The second-order valence-electron chi connectivity index (χ2n) is 6.50. The lowest BCUT2D eigenvalue weighted by Gasteiger charge is -2.29. The first-order valence-corrected chi connectivity index (χ1v) is 7.76. The number of amides is 1. The maximum atomic E-state index is 12.4. The van der Waals surface area contributed by atoms with Crippen molar-refractivity contribution in [3.05, 3.63) is 29.8 Å². The fourth-order valence-electron chi connectivity index (χ4n) is 2.98. The Morgan fingerprint density at radius 3 is 2.71 bits per heavy atom. The third kappa shape index (κ3) is 3.76. The van der Waals surface area contributed by atoms with Crippen LogP contribution in [0.4, 0.5) is 0 Å². The minimum absolute atomic E-state index is 0.0261. The number of phenols is 1. The summed E-state index contributed by atoms with van der Waals surface area (Å²) in [5.41, 5.74) is 6.84. The third-order valence-corrected chi connectivity index (χ3v) is 4.73. The molecular weight excluding hydrogens is 264 g/mol. The van der Waals surface area contributed by atoms with E-state index < -0.39 is 5.41 Å². The predicted molar refractivity (Wildman–Crippen MR) is 84.0 cm³/mol. The number of nitrogens with two attached hydrogens (primary N) is 1. The van der Waals surface area contributed by atoms with Crippen molar-refractivity contribution in [1.82, 2.24) is 5.32 Å². The molecule has 0 saturated heterocycles. The van der Waals surface area contributed by atoms with Crippen molar-refractivity contribution < 1.29 is 9.90 Å². The molecule has 0 bridgehead atoms. The van der Waals surface area contributed by atoms with Gasteiger partial charge in [-0.2, -0.15) is 0 Å². The standard InChI is InChI=1S/C17H26N2O2/c1-12(5-6-13-7-9-14(20)10-8-13)19-16(21)17(2)11-3-4-15(17)18/h7-10,12,15,20H,3-6,11,18H2,1-2H3,(H,19,21). The van der Waals surface area contributed by atoms with Gasteiger partial charge in [0.25, 0.3) is 0 Å². The zero-order valence-electron chi connectivity index (χ0n) is 12.9. The van der Waals surface area contributed by atoms with Crippen molar-refractivity contribution in [2.75, 3.05) is 0 Å². The molecule has 1 saturated carbocycles. The molecule has 1 aliphatic carbocycles. The van der Waals surface area contributed by atoms with E-state index in [-0.39, 0.29) is 23.7 Å². The molecule has 0 aliphatic heterocycles. The summed E-state index contributed by atoms with van der Waals surface area (Å²) in [6, 6.07) is 7.31. The number of phenolic OH excluding ortho intramolecular Hbond substituents is 1. The maximum Gasteiger partial charge on any atom is 0.227 e. The zero-order valence-corrected chi connectivity index (χ0v) is 12.9. The van der Waals surface area contributed by atoms with Crippen LogP contribution >= 0.6 is 0 Å². The van der Waals surface area contributed by atoms with Crippen LogP contribution in [0, 0.1) is 5.41 Å². The van der Waals surface area contributed by atoms with E-state index in [2.05, 4.69) is 5.32 Å². The van der Waals surface area contributed by atoms with E-state index >= 15 is 0 Å². The van der Waals surface area contributed by atoms with Gasteiger partial charge in [-0.25, -0.2) is 0 Å². The summed E-state index contributed by atoms with van der Waals surface area (Å²) in [7, 11) is 0. The summed E-state index contributed by atoms with van der Waals surface area (Å²) in [5, 5.41) is 12.4. The highest BCUT2D eigenvalue weighted by Gasteiger charge is 2.43. The van der Waals surface area contributed by atoms with Gasteiger partial charge in [-0.15, -0.1) is 0 Å². The molecule has 0 spiro atoms. The second kappa shape index (κ2) is 6.48. The molecule has 0 heterocycles. The van der Waals surface area contributed by atoms with Crippen molar-refractivity contribution in [3.8, 4) is 5.75 Å². The van der Waals surface area contributed by atoms with Crippen LogP contribution in [0.15, 0.2) is 24.3 Å². The Bertz CT molecular complexity index is 486. The fraction of sp³-hybridized carbons (Fsp3) is 0.588. The Hall–Kier alpha value is -1.55. The molecule has 1 fully saturated rings. The van der Waals surface area contributed by atoms with E-state index in [4.69, 9.17) is 5.73 Å². The minimum Gasteiger partial charge on any atom is -0.508 e. The summed E-state index contributed by atoms with van der Waals surface area (Å²) < 4.78 is 0. The second-order valence-corrected chi connectivity index (χ2v) is 6.50. The molecular formula is C17H26N2O2. The number of hydrogen-bond acceptors (Lipinski definition) is 3. The lowest BCUT2D eigenvalue weighted by Crippen LogP contribution is -2.49. The summed E-state index contributed by atoms with van der Waals surface area (Å²) in [6.07, 6.45) is 4.61. The highest BCUT2D eigenvalue weighted by atomic mass is 16.3.